The van der Waals surface area contributed by atoms with Gasteiger partial charge in [0.25, 0.3) is 0 Å². The average Bonchev–Trinajstić information content (AvgIpc) is 3.10. The molecule has 0 saturated heterocycles. The normalized spacial score (nSPS) is 16.0. The summed E-state index contributed by atoms with van der Waals surface area (Å²) in [6.45, 7) is 1.58. The van der Waals surface area contributed by atoms with Crippen molar-refractivity contribution in [3.05, 3.63) is 0 Å². The quantitative estimate of drug-likeness (QED) is 0.831. The van der Waals surface area contributed by atoms with Gasteiger partial charge >= 0.3 is 0 Å². The zero-order chi connectivity index (χ0) is 14.2. The van der Waals surface area contributed by atoms with Crippen molar-refractivity contribution in [3.8, 4) is 0 Å². The molecule has 2 N–H and O–H groups in total. The predicted octanol–water partition coefficient (Wildman–Crippen LogP) is 0.659. The van der Waals surface area contributed by atoms with E-state index in [0.29, 0.717) is 5.00 Å². The molecule has 0 radical (unpaired) electrons. The zero-order valence-corrected chi connectivity index (χ0v) is 13.1. The lowest BCUT2D eigenvalue weighted by Gasteiger charge is -2.20. The number of anilines is 2. The van der Waals surface area contributed by atoms with Crippen molar-refractivity contribution < 1.29 is 8.42 Å². The molecule has 1 aliphatic carbocycles. The third kappa shape index (κ3) is 3.01. The van der Waals surface area contributed by atoms with Crippen molar-refractivity contribution in [2.45, 2.75) is 23.0 Å². The fourth-order valence-corrected chi connectivity index (χ4v) is 4.83. The third-order valence-corrected chi connectivity index (χ3v) is 6.56. The van der Waals surface area contributed by atoms with Gasteiger partial charge in [-0.25, -0.2) is 8.42 Å². The summed E-state index contributed by atoms with van der Waals surface area (Å²) in [5.74, 6) is 0.142. The Kier molecular flexibility index (Phi) is 4.03. The lowest BCUT2D eigenvalue weighted by molar-refractivity contribution is 0.416. The van der Waals surface area contributed by atoms with Crippen molar-refractivity contribution in [1.29, 1.82) is 0 Å². The van der Waals surface area contributed by atoms with Crippen molar-refractivity contribution in [1.82, 2.24) is 9.27 Å². The molecule has 0 atom stereocenters. The van der Waals surface area contributed by atoms with Gasteiger partial charge < -0.3 is 15.5 Å². The van der Waals surface area contributed by atoms with E-state index in [1.807, 2.05) is 26.0 Å². The summed E-state index contributed by atoms with van der Waals surface area (Å²) in [5.41, 5.74) is 5.77. The second-order valence-electron chi connectivity index (χ2n) is 5.17. The van der Waals surface area contributed by atoms with Crippen LogP contribution in [-0.2, 0) is 9.84 Å². The van der Waals surface area contributed by atoms with Crippen LogP contribution in [0.2, 0.25) is 0 Å². The van der Waals surface area contributed by atoms with Crippen LogP contribution in [0, 0.1) is 0 Å². The molecule has 1 fully saturated rings. The number of nitrogen functional groups attached to an aromatic ring is 1. The van der Waals surface area contributed by atoms with E-state index in [1.54, 1.807) is 0 Å². The molecule has 2 rings (SSSR count). The SMILES string of the molecule is CN(C)CCN(C)c1snc(N)c1S(=O)(=O)C1CC1. The Morgan fingerprint density at radius 1 is 1.32 bits per heavy atom. The van der Waals surface area contributed by atoms with Crippen LogP contribution in [-0.4, -0.2) is 57.2 Å². The van der Waals surface area contributed by atoms with Crippen LogP contribution in [0.4, 0.5) is 10.8 Å². The van der Waals surface area contributed by atoms with E-state index in [9.17, 15) is 8.42 Å². The van der Waals surface area contributed by atoms with Crippen molar-refractivity contribution >= 4 is 32.2 Å². The summed E-state index contributed by atoms with van der Waals surface area (Å²) in [4.78, 5) is 4.21. The largest absolute Gasteiger partial charge is 0.382 e. The molecule has 0 amide bonds. The summed E-state index contributed by atoms with van der Waals surface area (Å²) in [7, 11) is 2.54. The Balaban J connectivity index is 2.27. The number of sulfone groups is 1. The first-order chi connectivity index (χ1) is 8.84. The van der Waals surface area contributed by atoms with E-state index < -0.39 is 9.84 Å². The number of hydrogen-bond donors (Lipinski definition) is 1. The van der Waals surface area contributed by atoms with E-state index in [0.717, 1.165) is 37.5 Å². The Labute approximate surface area is 118 Å². The van der Waals surface area contributed by atoms with Gasteiger partial charge in [-0.1, -0.05) is 0 Å². The monoisotopic (exact) mass is 304 g/mol. The van der Waals surface area contributed by atoms with E-state index in [4.69, 9.17) is 5.73 Å². The van der Waals surface area contributed by atoms with Gasteiger partial charge in [-0.15, -0.1) is 0 Å². The molecule has 0 bridgehead atoms. The minimum absolute atomic E-state index is 0.142. The number of hydrogen-bond acceptors (Lipinski definition) is 7. The smallest absolute Gasteiger partial charge is 0.187 e. The van der Waals surface area contributed by atoms with Gasteiger partial charge in [0.2, 0.25) is 0 Å². The highest BCUT2D eigenvalue weighted by Gasteiger charge is 2.41. The molecular weight excluding hydrogens is 284 g/mol. The van der Waals surface area contributed by atoms with E-state index in [-0.39, 0.29) is 16.0 Å². The molecule has 6 nitrogen and oxygen atoms in total. The maximum absolute atomic E-state index is 12.4. The predicted molar refractivity (Wildman–Crippen MR) is 78.6 cm³/mol. The molecule has 0 aromatic carbocycles. The van der Waals surface area contributed by atoms with Crippen molar-refractivity contribution in [2.24, 2.45) is 0 Å². The summed E-state index contributed by atoms with van der Waals surface area (Å²) in [6.07, 6.45) is 1.47. The molecule has 108 valence electrons. The van der Waals surface area contributed by atoms with Gasteiger partial charge in [-0.2, -0.15) is 4.37 Å². The summed E-state index contributed by atoms with van der Waals surface area (Å²) < 4.78 is 28.8. The van der Waals surface area contributed by atoms with Crippen molar-refractivity contribution in [3.63, 3.8) is 0 Å². The van der Waals surface area contributed by atoms with E-state index in [1.165, 1.54) is 0 Å². The molecule has 19 heavy (non-hydrogen) atoms. The van der Waals surface area contributed by atoms with Gasteiger partial charge in [-0.05, 0) is 38.5 Å². The first-order valence-corrected chi connectivity index (χ1v) is 8.51. The molecular formula is C11H20N4O2S2. The zero-order valence-electron chi connectivity index (χ0n) is 11.5. The van der Waals surface area contributed by atoms with Gasteiger partial charge in [0.15, 0.2) is 15.7 Å². The van der Waals surface area contributed by atoms with Gasteiger partial charge in [0.05, 0.1) is 5.25 Å². The maximum Gasteiger partial charge on any atom is 0.187 e. The van der Waals surface area contributed by atoms with Crippen LogP contribution >= 0.6 is 11.5 Å². The Hall–Kier alpha value is -0.860. The van der Waals surface area contributed by atoms with E-state index in [2.05, 4.69) is 9.27 Å². The van der Waals surface area contributed by atoms with Crippen LogP contribution in [0.15, 0.2) is 4.90 Å². The minimum Gasteiger partial charge on any atom is -0.382 e. The summed E-state index contributed by atoms with van der Waals surface area (Å²) >= 11 is 1.16. The number of rotatable bonds is 6. The lowest BCUT2D eigenvalue weighted by Crippen LogP contribution is -2.29. The highest BCUT2D eigenvalue weighted by atomic mass is 32.2. The fraction of sp³-hybridized carbons (Fsp3) is 0.727. The molecule has 1 aromatic heterocycles. The van der Waals surface area contributed by atoms with E-state index >= 15 is 0 Å². The lowest BCUT2D eigenvalue weighted by atomic mass is 10.5. The Bertz CT molecular complexity index is 549. The Morgan fingerprint density at radius 2 is 1.95 bits per heavy atom. The maximum atomic E-state index is 12.4. The molecule has 1 aromatic rings. The number of nitrogens with two attached hydrogens (primary N) is 1. The van der Waals surface area contributed by atoms with Crippen LogP contribution in [0.25, 0.3) is 0 Å². The van der Waals surface area contributed by atoms with Crippen LogP contribution in [0.1, 0.15) is 12.8 Å². The number of nitrogens with zero attached hydrogens (tertiary/aromatic N) is 3. The highest BCUT2D eigenvalue weighted by molar-refractivity contribution is 7.92. The summed E-state index contributed by atoms with van der Waals surface area (Å²) in [6, 6.07) is 0. The first-order valence-electron chi connectivity index (χ1n) is 6.19. The topological polar surface area (TPSA) is 79.5 Å². The molecule has 0 spiro atoms. The molecule has 8 heteroatoms. The Morgan fingerprint density at radius 3 is 2.47 bits per heavy atom. The van der Waals surface area contributed by atoms with Gasteiger partial charge in [0.1, 0.15) is 9.90 Å². The molecule has 0 unspecified atom stereocenters. The average molecular weight is 304 g/mol. The van der Waals surface area contributed by atoms with Gasteiger partial charge in [0, 0.05) is 20.1 Å². The van der Waals surface area contributed by atoms with Crippen LogP contribution in [0.3, 0.4) is 0 Å². The molecule has 1 saturated carbocycles. The van der Waals surface area contributed by atoms with Crippen LogP contribution in [0.5, 0.6) is 0 Å². The number of aromatic nitrogens is 1. The molecule has 0 aliphatic heterocycles. The first kappa shape index (κ1) is 14.5. The van der Waals surface area contributed by atoms with Gasteiger partial charge in [-0.3, -0.25) is 0 Å². The summed E-state index contributed by atoms with van der Waals surface area (Å²) in [5, 5.41) is 0.401. The fourth-order valence-electron chi connectivity index (χ4n) is 1.79. The highest BCUT2D eigenvalue weighted by Crippen LogP contribution is 2.42. The standard InChI is InChI=1S/C11H20N4O2S2/c1-14(2)6-7-15(3)11-9(10(12)13-18-11)19(16,17)8-4-5-8/h8H,4-7H2,1-3H3,(H2,12,13). The molecule has 1 heterocycles. The van der Waals surface area contributed by atoms with Crippen LogP contribution < -0.4 is 10.6 Å². The minimum atomic E-state index is -3.30. The third-order valence-electron chi connectivity index (χ3n) is 3.13. The molecule has 1 aliphatic rings. The second-order valence-corrected chi connectivity index (χ2v) is 8.09. The van der Waals surface area contributed by atoms with Crippen molar-refractivity contribution in [2.75, 3.05) is 44.9 Å². The second kappa shape index (κ2) is 5.26. The number of likely N-dealkylation sites (N-methyl/N-ethyl adjacent to an activating group) is 2.